The molecule has 1 aromatic carbocycles. The van der Waals surface area contributed by atoms with Crippen molar-refractivity contribution in [3.63, 3.8) is 0 Å². The van der Waals surface area contributed by atoms with Gasteiger partial charge in [0, 0.05) is 5.75 Å². The van der Waals surface area contributed by atoms with Gasteiger partial charge in [-0.3, -0.25) is 14.2 Å². The van der Waals surface area contributed by atoms with E-state index < -0.39 is 17.1 Å². The van der Waals surface area contributed by atoms with Crippen LogP contribution in [0.15, 0.2) is 39.0 Å². The number of rotatable bonds is 7. The van der Waals surface area contributed by atoms with Crippen LogP contribution in [-0.2, 0) is 6.54 Å². The van der Waals surface area contributed by atoms with E-state index in [-0.39, 0.29) is 29.1 Å². The molecule has 28 heavy (non-hydrogen) atoms. The smallest absolute Gasteiger partial charge is 0.335 e. The Morgan fingerprint density at radius 1 is 1.25 bits per heavy atom. The predicted molar refractivity (Wildman–Crippen MR) is 107 cm³/mol. The zero-order chi connectivity index (χ0) is 20.3. The molecular weight excluding hydrogens is 382 g/mol. The van der Waals surface area contributed by atoms with Gasteiger partial charge in [0.2, 0.25) is 0 Å². The van der Waals surface area contributed by atoms with Crippen LogP contribution >= 0.6 is 11.8 Å². The molecule has 0 aliphatic rings. The van der Waals surface area contributed by atoms with Gasteiger partial charge in [-0.2, -0.15) is 0 Å². The lowest BCUT2D eigenvalue weighted by molar-refractivity contribution is 0.0697. The molecule has 0 aliphatic carbocycles. The summed E-state index contributed by atoms with van der Waals surface area (Å²) in [4.78, 5) is 46.6. The first-order valence-electron chi connectivity index (χ1n) is 8.66. The number of aromatic nitrogens is 4. The third-order valence-corrected chi connectivity index (χ3v) is 5.04. The lowest BCUT2D eigenvalue weighted by Gasteiger charge is -2.11. The third kappa shape index (κ3) is 4.06. The van der Waals surface area contributed by atoms with Crippen LogP contribution in [0, 0.1) is 0 Å². The Labute approximate surface area is 163 Å². The first-order valence-corrected chi connectivity index (χ1v) is 9.64. The van der Waals surface area contributed by atoms with Crippen molar-refractivity contribution in [3.8, 4) is 0 Å². The van der Waals surface area contributed by atoms with Crippen molar-refractivity contribution in [2.45, 2.75) is 31.5 Å². The van der Waals surface area contributed by atoms with Gasteiger partial charge in [0.1, 0.15) is 5.52 Å². The number of nitrogens with zero attached hydrogens (tertiary/aromatic N) is 3. The number of nitrogen functional groups attached to an aromatic ring is 1. The number of aromatic amines is 1. The fourth-order valence-corrected chi connectivity index (χ4v) is 3.53. The van der Waals surface area contributed by atoms with E-state index in [2.05, 4.69) is 21.9 Å². The molecular formula is C18H19N5O4S. The number of H-pyrrole nitrogens is 1. The van der Waals surface area contributed by atoms with Crippen LogP contribution in [0.2, 0.25) is 0 Å². The van der Waals surface area contributed by atoms with Crippen LogP contribution in [0.4, 0.5) is 5.82 Å². The highest BCUT2D eigenvalue weighted by molar-refractivity contribution is 7.99. The summed E-state index contributed by atoms with van der Waals surface area (Å²) in [5.74, 6) is -0.137. The summed E-state index contributed by atoms with van der Waals surface area (Å²) in [5, 5.41) is 9.43. The summed E-state index contributed by atoms with van der Waals surface area (Å²) in [6.45, 7) is 2.13. The van der Waals surface area contributed by atoms with E-state index in [1.165, 1.54) is 28.5 Å². The monoisotopic (exact) mass is 401 g/mol. The highest BCUT2D eigenvalue weighted by Gasteiger charge is 2.15. The zero-order valence-electron chi connectivity index (χ0n) is 15.1. The molecule has 9 nitrogen and oxygen atoms in total. The van der Waals surface area contributed by atoms with E-state index in [0.29, 0.717) is 10.7 Å². The number of anilines is 1. The van der Waals surface area contributed by atoms with Crippen LogP contribution in [0.25, 0.3) is 11.2 Å². The SMILES string of the molecule is CCCCSc1nc(N)c2[nH]c(=O)c(=O)n(Cc3ccc(C(=O)O)cc3)c2n1. The number of benzene rings is 1. The molecule has 0 aliphatic heterocycles. The number of unbranched alkanes of at least 4 members (excludes halogenated alkanes) is 1. The number of nitrogens with one attached hydrogen (secondary N) is 1. The van der Waals surface area contributed by atoms with Gasteiger partial charge in [0.15, 0.2) is 16.6 Å². The Hall–Kier alpha value is -3.14. The van der Waals surface area contributed by atoms with Gasteiger partial charge in [-0.05, 0) is 24.1 Å². The topological polar surface area (TPSA) is 144 Å². The Morgan fingerprint density at radius 2 is 1.96 bits per heavy atom. The summed E-state index contributed by atoms with van der Waals surface area (Å²) < 4.78 is 1.23. The van der Waals surface area contributed by atoms with Crippen molar-refractivity contribution in [1.29, 1.82) is 0 Å². The molecule has 146 valence electrons. The highest BCUT2D eigenvalue weighted by Crippen LogP contribution is 2.21. The normalized spacial score (nSPS) is 11.0. The maximum absolute atomic E-state index is 12.5. The van der Waals surface area contributed by atoms with Crippen molar-refractivity contribution in [2.75, 3.05) is 11.5 Å². The molecule has 0 bridgehead atoms. The number of aromatic carboxylic acids is 1. The number of fused-ring (bicyclic) bond motifs is 1. The highest BCUT2D eigenvalue weighted by atomic mass is 32.2. The molecule has 0 saturated carbocycles. The molecule has 0 unspecified atom stereocenters. The van der Waals surface area contributed by atoms with Crippen molar-refractivity contribution >= 4 is 34.7 Å². The van der Waals surface area contributed by atoms with Gasteiger partial charge in [0.25, 0.3) is 0 Å². The summed E-state index contributed by atoms with van der Waals surface area (Å²) in [6.07, 6.45) is 2.01. The second-order valence-corrected chi connectivity index (χ2v) is 7.20. The van der Waals surface area contributed by atoms with Gasteiger partial charge < -0.3 is 15.8 Å². The number of carbonyl (C=O) groups is 1. The maximum atomic E-state index is 12.5. The molecule has 0 atom stereocenters. The number of hydrogen-bond donors (Lipinski definition) is 3. The predicted octanol–water partition coefficient (Wildman–Crippen LogP) is 1.70. The molecule has 3 aromatic rings. The molecule has 3 rings (SSSR count). The lowest BCUT2D eigenvalue weighted by Crippen LogP contribution is -2.37. The average Bonchev–Trinajstić information content (AvgIpc) is 2.67. The second kappa shape index (κ2) is 8.26. The molecule has 0 spiro atoms. The summed E-state index contributed by atoms with van der Waals surface area (Å²) >= 11 is 1.43. The summed E-state index contributed by atoms with van der Waals surface area (Å²) in [7, 11) is 0. The fraction of sp³-hybridized carbons (Fsp3) is 0.278. The Balaban J connectivity index is 2.08. The second-order valence-electron chi connectivity index (χ2n) is 6.14. The van der Waals surface area contributed by atoms with E-state index in [9.17, 15) is 14.4 Å². The molecule has 0 radical (unpaired) electrons. The first-order chi connectivity index (χ1) is 13.4. The molecule has 0 fully saturated rings. The summed E-state index contributed by atoms with van der Waals surface area (Å²) in [6, 6.07) is 6.05. The number of nitrogens with two attached hydrogens (primary N) is 1. The minimum Gasteiger partial charge on any atom is -0.478 e. The van der Waals surface area contributed by atoms with Gasteiger partial charge in [-0.15, -0.1) is 0 Å². The standard InChI is InChI=1S/C18H19N5O4S/c1-2-3-8-28-18-21-13(19)12-14(22-18)23(16(25)15(24)20-12)9-10-4-6-11(7-5-10)17(26)27/h4-7H,2-3,8-9H2,1H3,(H,20,24)(H,26,27)(H2,19,21,22). The number of carboxylic acid groups (broad SMARTS) is 1. The van der Waals surface area contributed by atoms with E-state index >= 15 is 0 Å². The molecule has 0 amide bonds. The van der Waals surface area contributed by atoms with Crippen molar-refractivity contribution in [1.82, 2.24) is 19.5 Å². The Morgan fingerprint density at radius 3 is 2.61 bits per heavy atom. The maximum Gasteiger partial charge on any atom is 0.335 e. The van der Waals surface area contributed by atoms with E-state index in [1.807, 2.05) is 0 Å². The zero-order valence-corrected chi connectivity index (χ0v) is 16.0. The molecule has 2 heterocycles. The molecule has 2 aromatic heterocycles. The van der Waals surface area contributed by atoms with Crippen molar-refractivity contribution in [3.05, 3.63) is 56.1 Å². The van der Waals surface area contributed by atoms with Crippen molar-refractivity contribution in [2.24, 2.45) is 0 Å². The quantitative estimate of drug-likeness (QED) is 0.235. The molecule has 0 saturated heterocycles. The first kappa shape index (κ1) is 19.6. The number of hydrogen-bond acceptors (Lipinski definition) is 7. The molecule has 4 N–H and O–H groups in total. The van der Waals surface area contributed by atoms with Crippen LogP contribution in [-0.4, -0.2) is 36.3 Å². The third-order valence-electron chi connectivity index (χ3n) is 4.10. The van der Waals surface area contributed by atoms with Gasteiger partial charge in [-0.25, -0.2) is 14.8 Å². The minimum absolute atomic E-state index is 0.0503. The van der Waals surface area contributed by atoms with E-state index in [4.69, 9.17) is 10.8 Å². The average molecular weight is 401 g/mol. The van der Waals surface area contributed by atoms with Crippen LogP contribution in [0.3, 0.4) is 0 Å². The Bertz CT molecular complexity index is 1140. The van der Waals surface area contributed by atoms with E-state index in [0.717, 1.165) is 18.6 Å². The summed E-state index contributed by atoms with van der Waals surface area (Å²) in [5.41, 5.74) is 5.61. The number of thioether (sulfide) groups is 1. The number of carboxylic acids is 1. The van der Waals surface area contributed by atoms with Crippen LogP contribution in [0.1, 0.15) is 35.7 Å². The fourth-order valence-electron chi connectivity index (χ4n) is 2.60. The van der Waals surface area contributed by atoms with Gasteiger partial charge in [-0.1, -0.05) is 37.2 Å². The van der Waals surface area contributed by atoms with Crippen molar-refractivity contribution < 1.29 is 9.90 Å². The largest absolute Gasteiger partial charge is 0.478 e. The van der Waals surface area contributed by atoms with Gasteiger partial charge in [0.05, 0.1) is 12.1 Å². The van der Waals surface area contributed by atoms with Gasteiger partial charge >= 0.3 is 17.1 Å². The minimum atomic E-state index is -1.04. The van der Waals surface area contributed by atoms with E-state index in [1.54, 1.807) is 12.1 Å². The van der Waals surface area contributed by atoms with Crippen LogP contribution in [0.5, 0.6) is 0 Å². The lowest BCUT2D eigenvalue weighted by atomic mass is 10.1. The van der Waals surface area contributed by atoms with Crippen LogP contribution < -0.4 is 16.9 Å². The Kier molecular flexibility index (Phi) is 5.78. The molecule has 10 heteroatoms.